The summed E-state index contributed by atoms with van der Waals surface area (Å²) >= 11 is 0. The number of carboxylic acids is 1. The largest absolute Gasteiger partial charge is 0.481 e. The van der Waals surface area contributed by atoms with Gasteiger partial charge in [-0.1, -0.05) is 0 Å². The number of carboxylic acid groups (broad SMARTS) is 1. The lowest BCUT2D eigenvalue weighted by molar-refractivity contribution is -0.136. The Kier molecular flexibility index (Phi) is 1.94. The van der Waals surface area contributed by atoms with Crippen LogP contribution < -0.4 is 0 Å². The minimum absolute atomic E-state index is 0.148. The summed E-state index contributed by atoms with van der Waals surface area (Å²) in [6.07, 6.45) is 3.72. The highest BCUT2D eigenvalue weighted by molar-refractivity contribution is 5.69. The third-order valence-electron chi connectivity index (χ3n) is 0.878. The Balaban J connectivity index is 2.41. The molecule has 54 valence electrons. The first-order valence-electron chi connectivity index (χ1n) is 2.67. The van der Waals surface area contributed by atoms with Gasteiger partial charge in [0.15, 0.2) is 0 Å². The standard InChI is InChI=1S/C6H6O4/c7-6(8)3-5-4-9-1-2-10-5/h1-2,4H,3H2,(H,7,8). The van der Waals surface area contributed by atoms with Crippen molar-refractivity contribution in [2.45, 2.75) is 6.42 Å². The van der Waals surface area contributed by atoms with E-state index in [0.717, 1.165) is 0 Å². The summed E-state index contributed by atoms with van der Waals surface area (Å²) in [5.41, 5.74) is 0. The maximum absolute atomic E-state index is 10.1. The van der Waals surface area contributed by atoms with Crippen molar-refractivity contribution in [2.75, 3.05) is 0 Å². The van der Waals surface area contributed by atoms with Crippen molar-refractivity contribution in [1.82, 2.24) is 0 Å². The summed E-state index contributed by atoms with van der Waals surface area (Å²) in [4.78, 5) is 10.1. The summed E-state index contributed by atoms with van der Waals surface area (Å²) in [6, 6.07) is 0. The minimum atomic E-state index is -0.940. The van der Waals surface area contributed by atoms with E-state index < -0.39 is 5.97 Å². The molecule has 0 saturated carbocycles. The maximum atomic E-state index is 10.1. The molecule has 0 bridgehead atoms. The summed E-state index contributed by atoms with van der Waals surface area (Å²) in [6.45, 7) is 0. The fourth-order valence-electron chi connectivity index (χ4n) is 0.523. The summed E-state index contributed by atoms with van der Waals surface area (Å²) in [5.74, 6) is -0.639. The first-order chi connectivity index (χ1) is 4.79. The van der Waals surface area contributed by atoms with E-state index >= 15 is 0 Å². The van der Waals surface area contributed by atoms with Crippen LogP contribution in [0.15, 0.2) is 24.5 Å². The Labute approximate surface area is 57.4 Å². The van der Waals surface area contributed by atoms with E-state index in [1.54, 1.807) is 0 Å². The van der Waals surface area contributed by atoms with Crippen LogP contribution in [0.2, 0.25) is 0 Å². The van der Waals surface area contributed by atoms with Gasteiger partial charge in [-0.05, 0) is 0 Å². The zero-order chi connectivity index (χ0) is 7.40. The average Bonchev–Trinajstić information content (AvgIpc) is 1.88. The van der Waals surface area contributed by atoms with Crippen LogP contribution in [0.5, 0.6) is 0 Å². The molecular formula is C6H6O4. The molecule has 0 atom stereocenters. The molecule has 4 nitrogen and oxygen atoms in total. The number of ether oxygens (including phenoxy) is 2. The quantitative estimate of drug-likeness (QED) is 0.620. The van der Waals surface area contributed by atoms with Gasteiger partial charge in [-0.15, -0.1) is 0 Å². The molecule has 0 saturated heterocycles. The lowest BCUT2D eigenvalue weighted by atomic mass is 10.4. The van der Waals surface area contributed by atoms with Crippen molar-refractivity contribution in [3.05, 3.63) is 24.5 Å². The molecule has 1 heterocycles. The molecule has 1 rings (SSSR count). The number of aliphatic carboxylic acids is 1. The number of hydrogen-bond donors (Lipinski definition) is 1. The normalized spacial score (nSPS) is 15.0. The van der Waals surface area contributed by atoms with Crippen LogP contribution in [-0.2, 0) is 14.3 Å². The molecule has 1 N–H and O–H groups in total. The fraction of sp³-hybridized carbons (Fsp3) is 0.167. The van der Waals surface area contributed by atoms with Crippen LogP contribution in [0.1, 0.15) is 6.42 Å². The Bertz CT molecular complexity index is 192. The van der Waals surface area contributed by atoms with Gasteiger partial charge in [0.05, 0.1) is 0 Å². The fourth-order valence-corrected chi connectivity index (χ4v) is 0.523. The first kappa shape index (κ1) is 6.67. The minimum Gasteiger partial charge on any atom is -0.481 e. The van der Waals surface area contributed by atoms with Gasteiger partial charge < -0.3 is 14.6 Å². The number of rotatable bonds is 2. The van der Waals surface area contributed by atoms with Crippen LogP contribution in [0, 0.1) is 0 Å². The third kappa shape index (κ3) is 1.81. The van der Waals surface area contributed by atoms with Crippen molar-refractivity contribution in [1.29, 1.82) is 0 Å². The molecule has 0 unspecified atom stereocenters. The average molecular weight is 142 g/mol. The lowest BCUT2D eigenvalue weighted by Gasteiger charge is -2.06. The highest BCUT2D eigenvalue weighted by Gasteiger charge is 2.06. The SMILES string of the molecule is O=C(O)CC1=COC=CO1. The van der Waals surface area contributed by atoms with E-state index in [1.807, 2.05) is 0 Å². The molecular weight excluding hydrogens is 136 g/mol. The molecule has 0 radical (unpaired) electrons. The number of hydrogen-bond acceptors (Lipinski definition) is 3. The molecule has 4 heteroatoms. The van der Waals surface area contributed by atoms with Crippen molar-refractivity contribution in [3.63, 3.8) is 0 Å². The van der Waals surface area contributed by atoms with E-state index in [-0.39, 0.29) is 6.42 Å². The molecule has 0 aromatic carbocycles. The van der Waals surface area contributed by atoms with Crippen LogP contribution in [0.4, 0.5) is 0 Å². The summed E-state index contributed by atoms with van der Waals surface area (Å²) < 4.78 is 9.42. The second-order valence-electron chi connectivity index (χ2n) is 1.68. The zero-order valence-corrected chi connectivity index (χ0v) is 5.11. The van der Waals surface area contributed by atoms with Gasteiger partial charge in [0.1, 0.15) is 31.0 Å². The highest BCUT2D eigenvalue weighted by Crippen LogP contribution is 2.08. The van der Waals surface area contributed by atoms with Crippen LogP contribution in [0.3, 0.4) is 0 Å². The van der Waals surface area contributed by atoms with Crippen molar-refractivity contribution < 1.29 is 19.4 Å². The highest BCUT2D eigenvalue weighted by atomic mass is 16.5. The summed E-state index contributed by atoms with van der Waals surface area (Å²) in [5, 5.41) is 8.27. The molecule has 10 heavy (non-hydrogen) atoms. The molecule has 0 aromatic rings. The Morgan fingerprint density at radius 3 is 2.90 bits per heavy atom. The molecule has 0 aromatic heterocycles. The van der Waals surface area contributed by atoms with Crippen molar-refractivity contribution in [3.8, 4) is 0 Å². The lowest BCUT2D eigenvalue weighted by Crippen LogP contribution is -2.00. The molecule has 1 aliphatic rings. The zero-order valence-electron chi connectivity index (χ0n) is 5.11. The predicted molar refractivity (Wildman–Crippen MR) is 31.6 cm³/mol. The predicted octanol–water partition coefficient (Wildman–Crippen LogP) is 0.821. The van der Waals surface area contributed by atoms with E-state index in [9.17, 15) is 4.79 Å². The second kappa shape index (κ2) is 2.91. The molecule has 0 spiro atoms. The van der Waals surface area contributed by atoms with Gasteiger partial charge in [0.2, 0.25) is 0 Å². The topological polar surface area (TPSA) is 55.8 Å². The third-order valence-corrected chi connectivity index (χ3v) is 0.878. The molecule has 0 amide bonds. The monoisotopic (exact) mass is 142 g/mol. The van der Waals surface area contributed by atoms with Gasteiger partial charge in [-0.2, -0.15) is 0 Å². The van der Waals surface area contributed by atoms with Gasteiger partial charge in [0, 0.05) is 0 Å². The Hall–Kier alpha value is -1.45. The van der Waals surface area contributed by atoms with Crippen LogP contribution >= 0.6 is 0 Å². The van der Waals surface area contributed by atoms with Crippen LogP contribution in [0.25, 0.3) is 0 Å². The maximum Gasteiger partial charge on any atom is 0.311 e. The smallest absolute Gasteiger partial charge is 0.311 e. The Morgan fingerprint density at radius 2 is 2.40 bits per heavy atom. The molecule has 0 fully saturated rings. The van der Waals surface area contributed by atoms with Gasteiger partial charge >= 0.3 is 5.97 Å². The van der Waals surface area contributed by atoms with E-state index in [4.69, 9.17) is 9.84 Å². The molecule has 1 aliphatic heterocycles. The van der Waals surface area contributed by atoms with Gasteiger partial charge in [0.25, 0.3) is 0 Å². The Morgan fingerprint density at radius 1 is 1.60 bits per heavy atom. The van der Waals surface area contributed by atoms with Crippen LogP contribution in [-0.4, -0.2) is 11.1 Å². The van der Waals surface area contributed by atoms with Crippen molar-refractivity contribution in [2.24, 2.45) is 0 Å². The van der Waals surface area contributed by atoms with Gasteiger partial charge in [-0.3, -0.25) is 4.79 Å². The van der Waals surface area contributed by atoms with Crippen molar-refractivity contribution >= 4 is 5.97 Å². The van der Waals surface area contributed by atoms with Gasteiger partial charge in [-0.25, -0.2) is 0 Å². The first-order valence-corrected chi connectivity index (χ1v) is 2.67. The van der Waals surface area contributed by atoms with E-state index in [0.29, 0.717) is 5.76 Å². The number of carbonyl (C=O) groups is 1. The molecule has 0 aliphatic carbocycles. The summed E-state index contributed by atoms with van der Waals surface area (Å²) in [7, 11) is 0. The second-order valence-corrected chi connectivity index (χ2v) is 1.68. The van der Waals surface area contributed by atoms with E-state index in [2.05, 4.69) is 4.74 Å². The van der Waals surface area contributed by atoms with E-state index in [1.165, 1.54) is 18.8 Å².